The number of amides is 1. The third kappa shape index (κ3) is 4.20. The standard InChI is InChI=1S/C25H28N6O/c1-18-22-10-6-13-30(17-21-9-2-3-12-27-21)24(22)29-23(28-18)20-8-5-14-31(16-20)25(32)19-7-4-11-26-15-19/h2-4,7,9,11-12,15,20H,5-6,8,10,13-14,16-17H2,1H3. The number of aryl methyl sites for hydroxylation is 1. The van der Waals surface area contributed by atoms with Crippen molar-refractivity contribution in [2.45, 2.75) is 45.1 Å². The quantitative estimate of drug-likeness (QED) is 0.633. The zero-order valence-corrected chi connectivity index (χ0v) is 18.4. The Bertz CT molecular complexity index is 1090. The first kappa shape index (κ1) is 20.5. The fraction of sp³-hybridized carbons (Fsp3) is 0.400. The lowest BCUT2D eigenvalue weighted by molar-refractivity contribution is 0.0704. The highest BCUT2D eigenvalue weighted by atomic mass is 16.2. The molecule has 3 aromatic rings. The van der Waals surface area contributed by atoms with Crippen LogP contribution in [0, 0.1) is 6.92 Å². The monoisotopic (exact) mass is 428 g/mol. The van der Waals surface area contributed by atoms with Gasteiger partial charge < -0.3 is 9.80 Å². The van der Waals surface area contributed by atoms with Crippen LogP contribution < -0.4 is 4.90 Å². The molecule has 0 aromatic carbocycles. The van der Waals surface area contributed by atoms with E-state index < -0.39 is 0 Å². The molecule has 5 heterocycles. The van der Waals surface area contributed by atoms with Gasteiger partial charge in [0.15, 0.2) is 0 Å². The Morgan fingerprint density at radius 2 is 2.03 bits per heavy atom. The van der Waals surface area contributed by atoms with E-state index in [0.717, 1.165) is 68.3 Å². The number of hydrogen-bond donors (Lipinski definition) is 0. The van der Waals surface area contributed by atoms with Crippen LogP contribution in [0.3, 0.4) is 0 Å². The second-order valence-electron chi connectivity index (χ2n) is 8.65. The second-order valence-corrected chi connectivity index (χ2v) is 8.65. The number of pyridine rings is 2. The summed E-state index contributed by atoms with van der Waals surface area (Å²) in [5.41, 5.74) is 3.99. The molecule has 0 N–H and O–H groups in total. The van der Waals surface area contributed by atoms with Gasteiger partial charge in [0.2, 0.25) is 0 Å². The van der Waals surface area contributed by atoms with E-state index in [0.29, 0.717) is 12.1 Å². The van der Waals surface area contributed by atoms with Gasteiger partial charge in [-0.05, 0) is 56.9 Å². The van der Waals surface area contributed by atoms with E-state index in [1.54, 1.807) is 18.5 Å². The summed E-state index contributed by atoms with van der Waals surface area (Å²) in [6, 6.07) is 9.67. The van der Waals surface area contributed by atoms with Gasteiger partial charge in [-0.25, -0.2) is 9.97 Å². The maximum absolute atomic E-state index is 13.0. The highest BCUT2D eigenvalue weighted by molar-refractivity contribution is 5.94. The molecule has 1 fully saturated rings. The van der Waals surface area contributed by atoms with Gasteiger partial charge in [0, 0.05) is 55.4 Å². The highest BCUT2D eigenvalue weighted by Gasteiger charge is 2.30. The Balaban J connectivity index is 1.40. The average Bonchev–Trinajstić information content (AvgIpc) is 2.85. The molecule has 3 aromatic heterocycles. The van der Waals surface area contributed by atoms with Crippen molar-refractivity contribution in [3.8, 4) is 0 Å². The van der Waals surface area contributed by atoms with E-state index in [-0.39, 0.29) is 11.8 Å². The molecule has 164 valence electrons. The fourth-order valence-corrected chi connectivity index (χ4v) is 4.78. The number of rotatable bonds is 4. The van der Waals surface area contributed by atoms with Crippen molar-refractivity contribution in [2.24, 2.45) is 0 Å². The van der Waals surface area contributed by atoms with E-state index in [2.05, 4.69) is 27.9 Å². The minimum absolute atomic E-state index is 0.0364. The number of carbonyl (C=O) groups is 1. The third-order valence-corrected chi connectivity index (χ3v) is 6.42. The zero-order valence-electron chi connectivity index (χ0n) is 18.4. The van der Waals surface area contributed by atoms with Crippen LogP contribution in [-0.2, 0) is 13.0 Å². The smallest absolute Gasteiger partial charge is 0.255 e. The van der Waals surface area contributed by atoms with Crippen LogP contribution in [0.2, 0.25) is 0 Å². The van der Waals surface area contributed by atoms with Gasteiger partial charge in [-0.3, -0.25) is 14.8 Å². The molecule has 0 aliphatic carbocycles. The predicted molar refractivity (Wildman–Crippen MR) is 122 cm³/mol. The lowest BCUT2D eigenvalue weighted by atomic mass is 9.95. The number of aromatic nitrogens is 4. The van der Waals surface area contributed by atoms with Gasteiger partial charge in [-0.1, -0.05) is 6.07 Å². The van der Waals surface area contributed by atoms with Crippen molar-refractivity contribution >= 4 is 11.7 Å². The lowest BCUT2D eigenvalue weighted by Gasteiger charge is -2.34. The largest absolute Gasteiger partial charge is 0.350 e. The number of anilines is 1. The summed E-state index contributed by atoms with van der Waals surface area (Å²) in [4.78, 5) is 35.8. The zero-order chi connectivity index (χ0) is 21.9. The normalized spacial score (nSPS) is 18.3. The van der Waals surface area contributed by atoms with Crippen LogP contribution in [0.5, 0.6) is 0 Å². The molecule has 1 atom stereocenters. The summed E-state index contributed by atoms with van der Waals surface area (Å²) < 4.78 is 0. The fourth-order valence-electron chi connectivity index (χ4n) is 4.78. The van der Waals surface area contributed by atoms with E-state index in [1.165, 1.54) is 5.56 Å². The number of likely N-dealkylation sites (tertiary alicyclic amines) is 1. The van der Waals surface area contributed by atoms with Gasteiger partial charge in [0.1, 0.15) is 11.6 Å². The van der Waals surface area contributed by atoms with E-state index in [1.807, 2.05) is 29.3 Å². The molecular formula is C25H28N6O. The Morgan fingerprint density at radius 3 is 2.84 bits per heavy atom. The predicted octanol–water partition coefficient (Wildman–Crippen LogP) is 3.55. The molecular weight excluding hydrogens is 400 g/mol. The first-order chi connectivity index (χ1) is 15.7. The van der Waals surface area contributed by atoms with Gasteiger partial charge in [0.25, 0.3) is 5.91 Å². The summed E-state index contributed by atoms with van der Waals surface area (Å²) in [6.07, 6.45) is 9.23. The van der Waals surface area contributed by atoms with Crippen LogP contribution in [0.15, 0.2) is 48.9 Å². The van der Waals surface area contributed by atoms with Crippen LogP contribution in [-0.4, -0.2) is 50.4 Å². The molecule has 2 aliphatic rings. The minimum atomic E-state index is 0.0364. The van der Waals surface area contributed by atoms with Crippen molar-refractivity contribution in [1.29, 1.82) is 0 Å². The minimum Gasteiger partial charge on any atom is -0.350 e. The van der Waals surface area contributed by atoms with Crippen LogP contribution in [0.4, 0.5) is 5.82 Å². The summed E-state index contributed by atoms with van der Waals surface area (Å²) >= 11 is 0. The van der Waals surface area contributed by atoms with E-state index in [9.17, 15) is 4.79 Å². The Kier molecular flexibility index (Phi) is 5.79. The summed E-state index contributed by atoms with van der Waals surface area (Å²) in [5, 5.41) is 0. The highest BCUT2D eigenvalue weighted by Crippen LogP contribution is 2.32. The summed E-state index contributed by atoms with van der Waals surface area (Å²) in [6.45, 7) is 5.22. The van der Waals surface area contributed by atoms with Gasteiger partial charge in [-0.15, -0.1) is 0 Å². The number of piperidine rings is 1. The molecule has 7 nitrogen and oxygen atoms in total. The SMILES string of the molecule is Cc1nc(C2CCCN(C(=O)c3cccnc3)C2)nc2c1CCCN2Cc1ccccn1. The van der Waals surface area contributed by atoms with Crippen molar-refractivity contribution < 1.29 is 4.79 Å². The maximum Gasteiger partial charge on any atom is 0.255 e. The molecule has 0 bridgehead atoms. The first-order valence-electron chi connectivity index (χ1n) is 11.4. The van der Waals surface area contributed by atoms with E-state index in [4.69, 9.17) is 9.97 Å². The Hall–Kier alpha value is -3.35. The average molecular weight is 429 g/mol. The number of nitrogens with zero attached hydrogens (tertiary/aromatic N) is 6. The Morgan fingerprint density at radius 1 is 1.09 bits per heavy atom. The molecule has 0 spiro atoms. The number of carbonyl (C=O) groups excluding carboxylic acids is 1. The number of fused-ring (bicyclic) bond motifs is 1. The molecule has 0 radical (unpaired) electrons. The van der Waals surface area contributed by atoms with E-state index >= 15 is 0 Å². The van der Waals surface area contributed by atoms with Crippen LogP contribution >= 0.6 is 0 Å². The molecule has 5 rings (SSSR count). The molecule has 2 aliphatic heterocycles. The van der Waals surface area contributed by atoms with Crippen molar-refractivity contribution in [1.82, 2.24) is 24.8 Å². The van der Waals surface area contributed by atoms with Gasteiger partial charge in [-0.2, -0.15) is 0 Å². The van der Waals surface area contributed by atoms with Crippen molar-refractivity contribution in [3.63, 3.8) is 0 Å². The molecule has 1 amide bonds. The topological polar surface area (TPSA) is 75.1 Å². The molecule has 7 heteroatoms. The Labute approximate surface area is 188 Å². The summed E-state index contributed by atoms with van der Waals surface area (Å²) in [5.74, 6) is 2.08. The molecule has 32 heavy (non-hydrogen) atoms. The van der Waals surface area contributed by atoms with Crippen LogP contribution in [0.1, 0.15) is 58.3 Å². The van der Waals surface area contributed by atoms with Crippen molar-refractivity contribution in [3.05, 3.63) is 77.3 Å². The lowest BCUT2D eigenvalue weighted by Crippen LogP contribution is -2.40. The molecule has 1 saturated heterocycles. The second kappa shape index (κ2) is 9.02. The maximum atomic E-state index is 13.0. The van der Waals surface area contributed by atoms with Crippen molar-refractivity contribution in [2.75, 3.05) is 24.5 Å². The molecule has 0 saturated carbocycles. The number of hydrogen-bond acceptors (Lipinski definition) is 6. The van der Waals surface area contributed by atoms with Gasteiger partial charge >= 0.3 is 0 Å². The third-order valence-electron chi connectivity index (χ3n) is 6.42. The summed E-state index contributed by atoms with van der Waals surface area (Å²) in [7, 11) is 0. The first-order valence-corrected chi connectivity index (χ1v) is 11.4. The van der Waals surface area contributed by atoms with Crippen LogP contribution in [0.25, 0.3) is 0 Å². The molecule has 1 unspecified atom stereocenters. The van der Waals surface area contributed by atoms with Gasteiger partial charge in [0.05, 0.1) is 17.8 Å².